The van der Waals surface area contributed by atoms with Crippen molar-refractivity contribution in [3.8, 4) is 0 Å². The predicted molar refractivity (Wildman–Crippen MR) is 118 cm³/mol. The number of nitrogens with zero attached hydrogens (tertiary/aromatic N) is 2. The lowest BCUT2D eigenvalue weighted by Gasteiger charge is -2.24. The molecule has 2 aromatic heterocycles. The van der Waals surface area contributed by atoms with Gasteiger partial charge in [-0.3, -0.25) is 14.4 Å². The van der Waals surface area contributed by atoms with Crippen molar-refractivity contribution < 1.29 is 9.59 Å². The van der Waals surface area contributed by atoms with Crippen molar-refractivity contribution in [3.63, 3.8) is 0 Å². The van der Waals surface area contributed by atoms with E-state index in [2.05, 4.69) is 5.32 Å². The van der Waals surface area contributed by atoms with Gasteiger partial charge < -0.3 is 14.8 Å². The number of nitrogens with one attached hydrogen (secondary N) is 1. The second-order valence-corrected chi connectivity index (χ2v) is 8.39. The number of pyridine rings is 1. The summed E-state index contributed by atoms with van der Waals surface area (Å²) < 4.78 is 1.63. The summed E-state index contributed by atoms with van der Waals surface area (Å²) in [7, 11) is 0. The first-order chi connectivity index (χ1) is 14.6. The van der Waals surface area contributed by atoms with E-state index in [9.17, 15) is 14.4 Å². The SMILES string of the molecule is O=C(Nc1ccc(Cn2ccccc2=O)cc1)C1CCCN1C(=O)Cc1cccs1. The van der Waals surface area contributed by atoms with Crippen LogP contribution in [0.15, 0.2) is 71.0 Å². The van der Waals surface area contributed by atoms with Gasteiger partial charge in [0.2, 0.25) is 11.8 Å². The summed E-state index contributed by atoms with van der Waals surface area (Å²) in [5.41, 5.74) is 1.60. The number of aromatic nitrogens is 1. The summed E-state index contributed by atoms with van der Waals surface area (Å²) in [6.45, 7) is 1.09. The zero-order valence-corrected chi connectivity index (χ0v) is 17.3. The van der Waals surface area contributed by atoms with E-state index in [1.807, 2.05) is 47.8 Å². The molecule has 0 aliphatic carbocycles. The highest BCUT2D eigenvalue weighted by atomic mass is 32.1. The summed E-state index contributed by atoms with van der Waals surface area (Å²) in [5, 5.41) is 4.88. The maximum Gasteiger partial charge on any atom is 0.250 e. The van der Waals surface area contributed by atoms with Crippen molar-refractivity contribution in [3.05, 3.63) is 87.0 Å². The number of hydrogen-bond donors (Lipinski definition) is 1. The van der Waals surface area contributed by atoms with Gasteiger partial charge in [0.25, 0.3) is 5.56 Å². The van der Waals surface area contributed by atoms with Crippen LogP contribution in [0.4, 0.5) is 5.69 Å². The molecule has 1 fully saturated rings. The van der Waals surface area contributed by atoms with Gasteiger partial charge in [-0.25, -0.2) is 0 Å². The molecule has 3 heterocycles. The molecule has 1 unspecified atom stereocenters. The van der Waals surface area contributed by atoms with Crippen LogP contribution in [0.5, 0.6) is 0 Å². The molecule has 7 heteroatoms. The van der Waals surface area contributed by atoms with E-state index in [0.717, 1.165) is 16.9 Å². The molecule has 1 aromatic carbocycles. The van der Waals surface area contributed by atoms with Crippen LogP contribution in [0, 0.1) is 0 Å². The smallest absolute Gasteiger partial charge is 0.250 e. The van der Waals surface area contributed by atoms with Gasteiger partial charge in [-0.2, -0.15) is 0 Å². The van der Waals surface area contributed by atoms with Crippen LogP contribution < -0.4 is 10.9 Å². The van der Waals surface area contributed by atoms with Crippen LogP contribution in [-0.4, -0.2) is 33.9 Å². The van der Waals surface area contributed by atoms with E-state index < -0.39 is 6.04 Å². The molecule has 1 atom stereocenters. The van der Waals surface area contributed by atoms with Crippen LogP contribution in [0.3, 0.4) is 0 Å². The minimum Gasteiger partial charge on any atom is -0.330 e. The Kier molecular flexibility index (Phi) is 6.09. The number of benzene rings is 1. The monoisotopic (exact) mass is 421 g/mol. The van der Waals surface area contributed by atoms with Gasteiger partial charge in [0.1, 0.15) is 6.04 Å². The molecule has 154 valence electrons. The first kappa shape index (κ1) is 20.1. The molecule has 0 bridgehead atoms. The molecular weight excluding hydrogens is 398 g/mol. The Morgan fingerprint density at radius 3 is 2.63 bits per heavy atom. The maximum absolute atomic E-state index is 12.8. The van der Waals surface area contributed by atoms with Crippen molar-refractivity contribution in [2.24, 2.45) is 0 Å². The van der Waals surface area contributed by atoms with Crippen LogP contribution in [0.25, 0.3) is 0 Å². The predicted octanol–water partition coefficient (Wildman–Crippen LogP) is 3.13. The maximum atomic E-state index is 12.8. The minimum atomic E-state index is -0.431. The largest absolute Gasteiger partial charge is 0.330 e. The third-order valence-electron chi connectivity index (χ3n) is 5.25. The van der Waals surface area contributed by atoms with Gasteiger partial charge >= 0.3 is 0 Å². The van der Waals surface area contributed by atoms with Gasteiger partial charge in [0, 0.05) is 29.4 Å². The summed E-state index contributed by atoms with van der Waals surface area (Å²) in [6, 6.07) is 16.0. The molecule has 30 heavy (non-hydrogen) atoms. The van der Waals surface area contributed by atoms with Crippen LogP contribution >= 0.6 is 11.3 Å². The number of anilines is 1. The fourth-order valence-electron chi connectivity index (χ4n) is 3.71. The Bertz CT molecular complexity index is 1070. The van der Waals surface area contributed by atoms with E-state index in [4.69, 9.17) is 0 Å². The average Bonchev–Trinajstić information content (AvgIpc) is 3.43. The highest BCUT2D eigenvalue weighted by Crippen LogP contribution is 2.22. The Labute approximate surface area is 178 Å². The van der Waals surface area contributed by atoms with E-state index in [1.165, 1.54) is 6.07 Å². The van der Waals surface area contributed by atoms with Gasteiger partial charge in [0.05, 0.1) is 13.0 Å². The number of thiophene rings is 1. The van der Waals surface area contributed by atoms with Crippen molar-refractivity contribution in [1.82, 2.24) is 9.47 Å². The van der Waals surface area contributed by atoms with E-state index in [1.54, 1.807) is 33.1 Å². The standard InChI is InChI=1S/C23H23N3O3S/c27-21-7-1-2-12-25(21)16-17-8-10-18(11-9-17)24-23(29)20-6-3-13-26(20)22(28)15-19-5-4-14-30-19/h1-2,4-5,7-12,14,20H,3,6,13,15-16H2,(H,24,29). The molecule has 1 saturated heterocycles. The van der Waals surface area contributed by atoms with Gasteiger partial charge in [-0.05, 0) is 48.1 Å². The molecule has 1 aliphatic rings. The molecule has 2 amide bonds. The Morgan fingerprint density at radius 1 is 1.07 bits per heavy atom. The average molecular weight is 422 g/mol. The van der Waals surface area contributed by atoms with Gasteiger partial charge in [-0.15, -0.1) is 11.3 Å². The van der Waals surface area contributed by atoms with E-state index in [0.29, 0.717) is 31.6 Å². The number of rotatable bonds is 6. The van der Waals surface area contributed by atoms with Crippen molar-refractivity contribution in [1.29, 1.82) is 0 Å². The van der Waals surface area contributed by atoms with E-state index >= 15 is 0 Å². The molecule has 4 rings (SSSR count). The normalized spacial score (nSPS) is 15.9. The molecule has 1 N–H and O–H groups in total. The van der Waals surface area contributed by atoms with Gasteiger partial charge in [-0.1, -0.05) is 24.3 Å². The number of amides is 2. The third-order valence-corrected chi connectivity index (χ3v) is 6.13. The Morgan fingerprint density at radius 2 is 1.90 bits per heavy atom. The molecule has 3 aromatic rings. The second kappa shape index (κ2) is 9.09. The summed E-state index contributed by atoms with van der Waals surface area (Å²) in [4.78, 5) is 40.0. The third kappa shape index (κ3) is 4.68. The van der Waals surface area contributed by atoms with Crippen molar-refractivity contribution in [2.75, 3.05) is 11.9 Å². The number of likely N-dealkylation sites (tertiary alicyclic amines) is 1. The quantitative estimate of drug-likeness (QED) is 0.665. The van der Waals surface area contributed by atoms with E-state index in [-0.39, 0.29) is 17.4 Å². The van der Waals surface area contributed by atoms with Crippen LogP contribution in [-0.2, 0) is 22.6 Å². The molecular formula is C23H23N3O3S. The highest BCUT2D eigenvalue weighted by Gasteiger charge is 2.34. The number of hydrogen-bond acceptors (Lipinski definition) is 4. The second-order valence-electron chi connectivity index (χ2n) is 7.35. The van der Waals surface area contributed by atoms with Crippen LogP contribution in [0.1, 0.15) is 23.3 Å². The zero-order valence-electron chi connectivity index (χ0n) is 16.5. The fraction of sp³-hybridized carbons (Fsp3) is 0.261. The van der Waals surface area contributed by atoms with Crippen molar-refractivity contribution in [2.45, 2.75) is 31.8 Å². The lowest BCUT2D eigenvalue weighted by molar-refractivity contribution is -0.136. The molecule has 1 aliphatic heterocycles. The first-order valence-corrected chi connectivity index (χ1v) is 10.9. The van der Waals surface area contributed by atoms with Gasteiger partial charge in [0.15, 0.2) is 0 Å². The summed E-state index contributed by atoms with van der Waals surface area (Å²) in [6.07, 6.45) is 3.60. The first-order valence-electron chi connectivity index (χ1n) is 9.97. The van der Waals surface area contributed by atoms with Crippen molar-refractivity contribution >= 4 is 28.8 Å². The molecule has 0 radical (unpaired) electrons. The van der Waals surface area contributed by atoms with Crippen LogP contribution in [0.2, 0.25) is 0 Å². The Balaban J connectivity index is 1.37. The number of carbonyl (C=O) groups excluding carboxylic acids is 2. The highest BCUT2D eigenvalue weighted by molar-refractivity contribution is 7.10. The zero-order chi connectivity index (χ0) is 20.9. The molecule has 6 nitrogen and oxygen atoms in total. The Hall–Kier alpha value is -3.19. The molecule has 0 spiro atoms. The summed E-state index contributed by atoms with van der Waals surface area (Å²) >= 11 is 1.56. The number of carbonyl (C=O) groups is 2. The lowest BCUT2D eigenvalue weighted by Crippen LogP contribution is -2.43. The minimum absolute atomic E-state index is 0.00116. The summed E-state index contributed by atoms with van der Waals surface area (Å²) in [5.74, 6) is -0.155. The fourth-order valence-corrected chi connectivity index (χ4v) is 4.40. The molecule has 0 saturated carbocycles. The topological polar surface area (TPSA) is 71.4 Å². The lowest BCUT2D eigenvalue weighted by atomic mass is 10.1.